The monoisotopic (exact) mass is 989 g/mol. The number of amides is 1. The molecule has 0 spiro atoms. The van der Waals surface area contributed by atoms with E-state index in [1.807, 2.05) is 0 Å². The van der Waals surface area contributed by atoms with Gasteiger partial charge in [-0.2, -0.15) is 0 Å². The Bertz CT molecular complexity index is 3000. The normalized spacial score (nSPS) is 11.9. The molecule has 0 saturated carbocycles. The van der Waals surface area contributed by atoms with E-state index in [0.29, 0.717) is 47.9 Å². The third kappa shape index (κ3) is 12.2. The van der Waals surface area contributed by atoms with Crippen molar-refractivity contribution < 1.29 is 33.4 Å². The van der Waals surface area contributed by atoms with Crippen LogP contribution >= 0.6 is 46.4 Å². The Morgan fingerprint density at radius 1 is 0.456 bits per heavy atom. The highest BCUT2D eigenvalue weighted by molar-refractivity contribution is 6.31. The summed E-state index contributed by atoms with van der Waals surface area (Å²) in [4.78, 5) is 76.2. The van der Waals surface area contributed by atoms with Crippen LogP contribution in [0.4, 0.5) is 0 Å². The minimum atomic E-state index is -1.21. The van der Waals surface area contributed by atoms with Crippen LogP contribution < -0.4 is 5.32 Å². The molecule has 1 unspecified atom stereocenters. The molecule has 2 aromatic heterocycles. The Hall–Kier alpha value is -6.70. The van der Waals surface area contributed by atoms with Crippen LogP contribution in [0, 0.1) is 0 Å². The number of rotatable bonds is 12. The topological polar surface area (TPSA) is 160 Å². The lowest BCUT2D eigenvalue weighted by molar-refractivity contribution is 0.00439. The van der Waals surface area contributed by atoms with Crippen molar-refractivity contribution in [1.29, 1.82) is 0 Å². The largest absolute Gasteiger partial charge is 0.455 e. The lowest BCUT2D eigenvalue weighted by Crippen LogP contribution is -2.34. The Balaban J connectivity index is 1.31. The quantitative estimate of drug-likeness (QED) is 0.0917. The summed E-state index contributed by atoms with van der Waals surface area (Å²) in [6, 6.07) is 35.5. The zero-order chi connectivity index (χ0) is 48.9. The average Bonchev–Trinajstić information content (AvgIpc) is 3.29. The fraction of sp³-hybridized carbons (Fsp3) is 0.192. The van der Waals surface area contributed by atoms with Crippen molar-refractivity contribution in [3.63, 3.8) is 0 Å². The molecular weight excluding hydrogens is 948 g/mol. The summed E-state index contributed by atoms with van der Waals surface area (Å²) >= 11 is 25.0. The van der Waals surface area contributed by atoms with Gasteiger partial charge in [0.05, 0.1) is 29.3 Å². The van der Waals surface area contributed by atoms with Gasteiger partial charge in [0.1, 0.15) is 17.3 Å². The van der Waals surface area contributed by atoms with E-state index in [1.54, 1.807) is 169 Å². The number of benzene rings is 5. The van der Waals surface area contributed by atoms with E-state index in [0.717, 1.165) is 0 Å². The number of nitrogens with one attached hydrogen (secondary N) is 1. The Kier molecular flexibility index (Phi) is 15.0. The van der Waals surface area contributed by atoms with Crippen molar-refractivity contribution in [3.05, 3.63) is 176 Å². The van der Waals surface area contributed by atoms with Gasteiger partial charge in [-0.25, -0.2) is 34.3 Å². The number of ether oxygens (including phenoxy) is 3. The Morgan fingerprint density at radius 3 is 1.10 bits per heavy atom. The van der Waals surface area contributed by atoms with Gasteiger partial charge in [-0.3, -0.25) is 4.79 Å². The maximum absolute atomic E-state index is 14.7. The average molecular weight is 992 g/mol. The number of esters is 3. The van der Waals surface area contributed by atoms with Gasteiger partial charge in [0, 0.05) is 42.3 Å². The molecule has 68 heavy (non-hydrogen) atoms. The number of carbonyl (C=O) groups is 4. The zero-order valence-corrected chi connectivity index (χ0v) is 40.6. The minimum Gasteiger partial charge on any atom is -0.455 e. The highest BCUT2D eigenvalue weighted by Crippen LogP contribution is 2.35. The highest BCUT2D eigenvalue weighted by atomic mass is 35.5. The summed E-state index contributed by atoms with van der Waals surface area (Å²) in [6.07, 6.45) is -1.21. The molecule has 1 atom stereocenters. The smallest absolute Gasteiger partial charge is 0.360 e. The second-order valence-electron chi connectivity index (χ2n) is 17.3. The van der Waals surface area contributed by atoms with E-state index in [4.69, 9.17) is 80.6 Å². The van der Waals surface area contributed by atoms with Crippen LogP contribution in [0.1, 0.15) is 95.2 Å². The van der Waals surface area contributed by atoms with Crippen LogP contribution in [0.2, 0.25) is 20.1 Å². The number of hydrogen-bond donors (Lipinski definition) is 1. The fourth-order valence-electron chi connectivity index (χ4n) is 6.69. The fourth-order valence-corrected chi connectivity index (χ4v) is 7.20. The molecule has 0 saturated heterocycles. The molecule has 5 aromatic carbocycles. The molecule has 12 nitrogen and oxygen atoms in total. The van der Waals surface area contributed by atoms with Gasteiger partial charge < -0.3 is 19.5 Å². The SMILES string of the molecule is CC(C)(C)OC(=O)c1nc(-c2ccc(Cl)cc2)c(-c2ccc(Cl)cc2)nc1C(=O)NCC(OC(=O)c1nc(-c2ccc(Cl)cc2)c(-c2ccc(Cl)cc2)nc1C(=O)OC(C)(C)C)c1ccccc1. The zero-order valence-electron chi connectivity index (χ0n) is 37.6. The summed E-state index contributed by atoms with van der Waals surface area (Å²) < 4.78 is 17.7. The summed E-state index contributed by atoms with van der Waals surface area (Å²) in [5, 5.41) is 4.65. The van der Waals surface area contributed by atoms with Gasteiger partial charge >= 0.3 is 17.9 Å². The molecule has 2 heterocycles. The summed E-state index contributed by atoms with van der Waals surface area (Å²) in [7, 11) is 0. The van der Waals surface area contributed by atoms with Crippen molar-refractivity contribution in [3.8, 4) is 45.0 Å². The van der Waals surface area contributed by atoms with E-state index >= 15 is 0 Å². The standard InChI is InChI=1S/C52H43Cl4N5O7/c1-51(2,3)67-49(64)44-43(58-39(30-12-20-34(53)21-13-30)40(59-44)31-14-22-35(54)23-15-31)47(62)57-28-38(29-10-8-7-9-11-29)66-48(63)45-46(50(65)68-52(4,5)6)61-42(33-18-26-37(56)27-19-33)41(60-45)32-16-24-36(55)25-17-32/h7-27,38H,28H2,1-6H3,(H,57,62). The first-order valence-corrected chi connectivity index (χ1v) is 22.6. The van der Waals surface area contributed by atoms with Crippen LogP contribution in [0.25, 0.3) is 45.0 Å². The van der Waals surface area contributed by atoms with Gasteiger partial charge in [-0.05, 0) is 95.6 Å². The van der Waals surface area contributed by atoms with Gasteiger partial charge in [0.25, 0.3) is 5.91 Å². The van der Waals surface area contributed by atoms with Crippen LogP contribution in [0.3, 0.4) is 0 Å². The lowest BCUT2D eigenvalue weighted by atomic mass is 10.0. The number of carbonyl (C=O) groups excluding carboxylic acids is 4. The Labute approximate surface area is 413 Å². The van der Waals surface area contributed by atoms with Gasteiger partial charge in [0.2, 0.25) is 0 Å². The second kappa shape index (κ2) is 20.7. The molecule has 0 aliphatic heterocycles. The molecular formula is C52H43Cl4N5O7. The molecule has 1 N–H and O–H groups in total. The van der Waals surface area contributed by atoms with E-state index in [9.17, 15) is 19.2 Å². The molecule has 7 aromatic rings. The van der Waals surface area contributed by atoms with Gasteiger partial charge in [-0.15, -0.1) is 0 Å². The first kappa shape index (κ1) is 49.2. The van der Waals surface area contributed by atoms with Crippen molar-refractivity contribution in [2.24, 2.45) is 0 Å². The second-order valence-corrected chi connectivity index (χ2v) is 19.0. The summed E-state index contributed by atoms with van der Waals surface area (Å²) in [5.41, 5.74) is -0.0115. The maximum atomic E-state index is 14.7. The first-order valence-electron chi connectivity index (χ1n) is 21.1. The number of aromatic nitrogens is 4. The molecule has 1 amide bonds. The van der Waals surface area contributed by atoms with Crippen molar-refractivity contribution in [2.75, 3.05) is 6.54 Å². The van der Waals surface area contributed by atoms with E-state index in [-0.39, 0.29) is 40.7 Å². The van der Waals surface area contributed by atoms with Crippen LogP contribution in [0.5, 0.6) is 0 Å². The van der Waals surface area contributed by atoms with Crippen molar-refractivity contribution in [2.45, 2.75) is 58.8 Å². The third-order valence-corrected chi connectivity index (χ3v) is 10.7. The van der Waals surface area contributed by atoms with Crippen LogP contribution in [0.15, 0.2) is 127 Å². The molecule has 346 valence electrons. The van der Waals surface area contributed by atoms with E-state index in [2.05, 4.69) is 5.32 Å². The molecule has 0 aliphatic carbocycles. The van der Waals surface area contributed by atoms with Gasteiger partial charge in [0.15, 0.2) is 22.8 Å². The van der Waals surface area contributed by atoms with E-state index < -0.39 is 52.5 Å². The van der Waals surface area contributed by atoms with Crippen molar-refractivity contribution >= 4 is 70.2 Å². The highest BCUT2D eigenvalue weighted by Gasteiger charge is 2.33. The molecule has 16 heteroatoms. The van der Waals surface area contributed by atoms with Crippen molar-refractivity contribution in [1.82, 2.24) is 25.3 Å². The third-order valence-electron chi connectivity index (χ3n) is 9.72. The van der Waals surface area contributed by atoms with E-state index in [1.165, 1.54) is 0 Å². The number of nitrogens with zero attached hydrogens (tertiary/aromatic N) is 4. The Morgan fingerprint density at radius 2 is 0.765 bits per heavy atom. The maximum Gasteiger partial charge on any atom is 0.360 e. The lowest BCUT2D eigenvalue weighted by Gasteiger charge is -2.23. The minimum absolute atomic E-state index is 0.222. The predicted molar refractivity (Wildman–Crippen MR) is 263 cm³/mol. The molecule has 0 aliphatic rings. The number of hydrogen-bond acceptors (Lipinski definition) is 11. The predicted octanol–water partition coefficient (Wildman–Crippen LogP) is 12.8. The summed E-state index contributed by atoms with van der Waals surface area (Å²) in [6.45, 7) is 9.71. The van der Waals surface area contributed by atoms with Gasteiger partial charge in [-0.1, -0.05) is 125 Å². The van der Waals surface area contributed by atoms with Crippen LogP contribution in [-0.4, -0.2) is 61.5 Å². The van der Waals surface area contributed by atoms with Crippen LogP contribution in [-0.2, 0) is 14.2 Å². The molecule has 0 fully saturated rings. The first-order chi connectivity index (χ1) is 32.2. The summed E-state index contributed by atoms with van der Waals surface area (Å²) in [5.74, 6) is -3.76. The molecule has 0 bridgehead atoms. The molecule has 7 rings (SSSR count). The molecule has 0 radical (unpaired) electrons. The number of halogens is 4.